The van der Waals surface area contributed by atoms with Gasteiger partial charge in [0.05, 0.1) is 7.11 Å². The first kappa shape index (κ1) is 15.1. The van der Waals surface area contributed by atoms with Gasteiger partial charge in [-0.3, -0.25) is 0 Å². The molecule has 0 fully saturated rings. The molecule has 1 heterocycles. The molecule has 23 heavy (non-hydrogen) atoms. The van der Waals surface area contributed by atoms with Crippen LogP contribution >= 0.6 is 0 Å². The Morgan fingerprint density at radius 3 is 2.61 bits per heavy atom. The lowest BCUT2D eigenvalue weighted by atomic mass is 10.1. The fourth-order valence-electron chi connectivity index (χ4n) is 2.39. The van der Waals surface area contributed by atoms with Gasteiger partial charge in [-0.25, -0.2) is 9.18 Å². The van der Waals surface area contributed by atoms with Crippen LogP contribution in [0.5, 0.6) is 5.75 Å². The third kappa shape index (κ3) is 3.04. The largest absolute Gasteiger partial charge is 0.489 e. The predicted molar refractivity (Wildman–Crippen MR) is 83.0 cm³/mol. The van der Waals surface area contributed by atoms with E-state index < -0.39 is 5.97 Å². The molecule has 2 aromatic carbocycles. The quantitative estimate of drug-likeness (QED) is 0.676. The van der Waals surface area contributed by atoms with E-state index in [1.807, 2.05) is 0 Å². The summed E-state index contributed by atoms with van der Waals surface area (Å²) in [7, 11) is 1.33. The zero-order valence-corrected chi connectivity index (χ0v) is 12.8. The summed E-state index contributed by atoms with van der Waals surface area (Å²) in [6.07, 6.45) is 0. The molecule has 0 amide bonds. The van der Waals surface area contributed by atoms with Gasteiger partial charge >= 0.3 is 5.97 Å². The predicted octanol–water partition coefficient (Wildman–Crippen LogP) is 4.25. The Morgan fingerprint density at radius 2 is 1.91 bits per heavy atom. The first-order chi connectivity index (χ1) is 11.1. The van der Waals surface area contributed by atoms with Gasteiger partial charge in [0.25, 0.3) is 0 Å². The van der Waals surface area contributed by atoms with Crippen LogP contribution in [-0.4, -0.2) is 13.1 Å². The minimum atomic E-state index is -0.447. The normalized spacial score (nSPS) is 10.7. The summed E-state index contributed by atoms with van der Waals surface area (Å²) < 4.78 is 28.9. The summed E-state index contributed by atoms with van der Waals surface area (Å²) in [5.41, 5.74) is 1.84. The Morgan fingerprint density at radius 1 is 1.17 bits per heavy atom. The summed E-state index contributed by atoms with van der Waals surface area (Å²) in [4.78, 5) is 11.9. The average molecular weight is 314 g/mol. The van der Waals surface area contributed by atoms with Crippen molar-refractivity contribution in [2.45, 2.75) is 13.5 Å². The van der Waals surface area contributed by atoms with Crippen molar-refractivity contribution >= 4 is 16.9 Å². The Hall–Kier alpha value is -2.82. The molecule has 3 aromatic rings. The van der Waals surface area contributed by atoms with E-state index in [1.54, 1.807) is 37.3 Å². The summed E-state index contributed by atoms with van der Waals surface area (Å²) in [5.74, 6) is 0.360. The maximum atomic E-state index is 12.9. The van der Waals surface area contributed by atoms with Crippen LogP contribution in [0, 0.1) is 12.7 Å². The van der Waals surface area contributed by atoms with Crippen molar-refractivity contribution in [1.82, 2.24) is 0 Å². The maximum absolute atomic E-state index is 12.9. The molecule has 0 atom stereocenters. The fraction of sp³-hybridized carbons (Fsp3) is 0.167. The molecule has 4 nitrogen and oxygen atoms in total. The van der Waals surface area contributed by atoms with Crippen LogP contribution in [0.3, 0.4) is 0 Å². The molecule has 0 bridgehead atoms. The van der Waals surface area contributed by atoms with Gasteiger partial charge in [0.2, 0.25) is 0 Å². The topological polar surface area (TPSA) is 48.7 Å². The lowest BCUT2D eigenvalue weighted by Gasteiger charge is -2.06. The van der Waals surface area contributed by atoms with Crippen LogP contribution in [0.25, 0.3) is 11.0 Å². The van der Waals surface area contributed by atoms with Crippen molar-refractivity contribution in [3.8, 4) is 5.75 Å². The van der Waals surface area contributed by atoms with Gasteiger partial charge in [-0.2, -0.15) is 0 Å². The number of esters is 1. The van der Waals surface area contributed by atoms with E-state index in [0.29, 0.717) is 34.6 Å². The number of methoxy groups -OCH3 is 1. The number of rotatable bonds is 4. The van der Waals surface area contributed by atoms with Crippen LogP contribution in [0.15, 0.2) is 46.9 Å². The van der Waals surface area contributed by atoms with Gasteiger partial charge in [-0.05, 0) is 42.8 Å². The zero-order valence-electron chi connectivity index (χ0n) is 12.8. The van der Waals surface area contributed by atoms with E-state index in [-0.39, 0.29) is 5.82 Å². The number of halogens is 1. The number of ether oxygens (including phenoxy) is 2. The maximum Gasteiger partial charge on any atom is 0.342 e. The van der Waals surface area contributed by atoms with Crippen LogP contribution in [0.4, 0.5) is 4.39 Å². The monoisotopic (exact) mass is 314 g/mol. The highest BCUT2D eigenvalue weighted by atomic mass is 19.1. The second-order valence-electron chi connectivity index (χ2n) is 5.10. The third-order valence-electron chi connectivity index (χ3n) is 3.54. The molecule has 0 aliphatic carbocycles. The van der Waals surface area contributed by atoms with E-state index in [2.05, 4.69) is 0 Å². The molecule has 1 aromatic heterocycles. The number of carbonyl (C=O) groups excluding carboxylic acids is 1. The summed E-state index contributed by atoms with van der Waals surface area (Å²) in [6.45, 7) is 2.02. The SMILES string of the molecule is COC(=O)c1c(C)oc2ccc(OCc3ccc(F)cc3)cc12. The molecule has 0 aliphatic rings. The first-order valence-corrected chi connectivity index (χ1v) is 7.07. The Bertz CT molecular complexity index is 849. The molecule has 0 aliphatic heterocycles. The number of furan rings is 1. The minimum absolute atomic E-state index is 0.285. The van der Waals surface area contributed by atoms with E-state index in [4.69, 9.17) is 13.9 Å². The molecular weight excluding hydrogens is 299 g/mol. The molecule has 0 spiro atoms. The second-order valence-corrected chi connectivity index (χ2v) is 5.10. The van der Waals surface area contributed by atoms with E-state index in [9.17, 15) is 9.18 Å². The van der Waals surface area contributed by atoms with Gasteiger partial charge in [0.15, 0.2) is 0 Å². The molecular formula is C18H15FO4. The Labute approximate surface area is 132 Å². The number of aryl methyl sites for hydroxylation is 1. The van der Waals surface area contributed by atoms with E-state index >= 15 is 0 Å². The Kier molecular flexibility index (Phi) is 4.02. The van der Waals surface area contributed by atoms with Crippen LogP contribution < -0.4 is 4.74 Å². The van der Waals surface area contributed by atoms with Crippen molar-refractivity contribution in [2.24, 2.45) is 0 Å². The van der Waals surface area contributed by atoms with Crippen molar-refractivity contribution in [1.29, 1.82) is 0 Å². The highest BCUT2D eigenvalue weighted by molar-refractivity contribution is 6.04. The van der Waals surface area contributed by atoms with Crippen molar-refractivity contribution in [3.05, 3.63) is 65.2 Å². The molecule has 0 radical (unpaired) electrons. The Balaban J connectivity index is 1.87. The lowest BCUT2D eigenvalue weighted by molar-refractivity contribution is 0.0600. The van der Waals surface area contributed by atoms with Gasteiger partial charge in [-0.1, -0.05) is 12.1 Å². The smallest absolute Gasteiger partial charge is 0.342 e. The molecule has 0 saturated heterocycles. The van der Waals surface area contributed by atoms with Gasteiger partial charge in [0.1, 0.15) is 35.1 Å². The van der Waals surface area contributed by atoms with Crippen LogP contribution in [0.2, 0.25) is 0 Å². The van der Waals surface area contributed by atoms with E-state index in [1.165, 1.54) is 19.2 Å². The molecule has 5 heteroatoms. The second kappa shape index (κ2) is 6.12. The van der Waals surface area contributed by atoms with Gasteiger partial charge < -0.3 is 13.9 Å². The lowest BCUT2D eigenvalue weighted by Crippen LogP contribution is -2.02. The molecule has 0 unspecified atom stereocenters. The fourth-order valence-corrected chi connectivity index (χ4v) is 2.39. The van der Waals surface area contributed by atoms with Gasteiger partial charge in [0, 0.05) is 5.39 Å². The zero-order chi connectivity index (χ0) is 16.4. The number of hydrogen-bond donors (Lipinski definition) is 0. The number of benzene rings is 2. The number of carbonyl (C=O) groups is 1. The van der Waals surface area contributed by atoms with Crippen LogP contribution in [0.1, 0.15) is 21.7 Å². The van der Waals surface area contributed by atoms with Gasteiger partial charge in [-0.15, -0.1) is 0 Å². The summed E-state index contributed by atoms with van der Waals surface area (Å²) >= 11 is 0. The number of fused-ring (bicyclic) bond motifs is 1. The van der Waals surface area contributed by atoms with Crippen molar-refractivity contribution in [3.63, 3.8) is 0 Å². The molecule has 3 rings (SSSR count). The molecule has 118 valence electrons. The first-order valence-electron chi connectivity index (χ1n) is 7.07. The van der Waals surface area contributed by atoms with Crippen molar-refractivity contribution in [2.75, 3.05) is 7.11 Å². The molecule has 0 N–H and O–H groups in total. The number of hydrogen-bond acceptors (Lipinski definition) is 4. The standard InChI is InChI=1S/C18H15FO4/c1-11-17(18(20)21-2)15-9-14(7-8-16(15)23-11)22-10-12-3-5-13(19)6-4-12/h3-9H,10H2,1-2H3. The molecule has 0 saturated carbocycles. The van der Waals surface area contributed by atoms with Crippen LogP contribution in [-0.2, 0) is 11.3 Å². The third-order valence-corrected chi connectivity index (χ3v) is 3.54. The summed E-state index contributed by atoms with van der Waals surface area (Å²) in [5, 5.41) is 0.644. The van der Waals surface area contributed by atoms with Crippen molar-refractivity contribution < 1.29 is 23.1 Å². The average Bonchev–Trinajstić information content (AvgIpc) is 2.88. The highest BCUT2D eigenvalue weighted by Crippen LogP contribution is 2.29. The summed E-state index contributed by atoms with van der Waals surface area (Å²) in [6, 6.07) is 11.3. The highest BCUT2D eigenvalue weighted by Gasteiger charge is 2.19. The minimum Gasteiger partial charge on any atom is -0.489 e. The van der Waals surface area contributed by atoms with E-state index in [0.717, 1.165) is 5.56 Å².